The largest absolute Gasteiger partial charge is 0.780 e. The van der Waals surface area contributed by atoms with Gasteiger partial charge in [-0.05, 0) is 35.9 Å². The molecule has 0 unspecified atom stereocenters. The van der Waals surface area contributed by atoms with Crippen LogP contribution in [0.25, 0.3) is 10.8 Å². The monoisotopic (exact) mass is 622 g/mol. The lowest BCUT2D eigenvalue weighted by Gasteiger charge is -2.32. The molecule has 15 heteroatoms. The van der Waals surface area contributed by atoms with E-state index >= 15 is 0 Å². The zero-order valence-electron chi connectivity index (χ0n) is 20.7. The predicted molar refractivity (Wildman–Crippen MR) is 150 cm³/mol. The SMILES string of the molecule is CC(=O)OCCSSCCc1cc2c(O)c(C=O)ccc2c(CCSSCCOC(C)=O)c1OP(=O)([O-])[O-]. The highest BCUT2D eigenvalue weighted by Crippen LogP contribution is 2.43. The van der Waals surface area contributed by atoms with Gasteiger partial charge in [-0.1, -0.05) is 49.2 Å². The molecule has 10 nitrogen and oxygen atoms in total. The number of carbonyl (C=O) groups is 3. The molecule has 0 aliphatic carbocycles. The van der Waals surface area contributed by atoms with E-state index < -0.39 is 7.82 Å². The maximum Gasteiger partial charge on any atom is 0.302 e. The summed E-state index contributed by atoms with van der Waals surface area (Å²) in [5.74, 6) is 1.07. The minimum absolute atomic E-state index is 0.0693. The highest BCUT2D eigenvalue weighted by atomic mass is 33.1. The first-order valence-electron chi connectivity index (χ1n) is 11.3. The fourth-order valence-electron chi connectivity index (χ4n) is 3.31. The third-order valence-electron chi connectivity index (χ3n) is 4.79. The van der Waals surface area contributed by atoms with Crippen molar-refractivity contribution >= 4 is 80.0 Å². The summed E-state index contributed by atoms with van der Waals surface area (Å²) >= 11 is 0. The van der Waals surface area contributed by atoms with E-state index in [9.17, 15) is 33.8 Å². The molecule has 0 saturated carbocycles. The Morgan fingerprint density at radius 2 is 1.47 bits per heavy atom. The predicted octanol–water partition coefficient (Wildman–Crippen LogP) is 3.54. The number of hydrogen-bond donors (Lipinski definition) is 1. The van der Waals surface area contributed by atoms with Crippen LogP contribution < -0.4 is 14.3 Å². The third-order valence-corrected chi connectivity index (χ3v) is 9.94. The zero-order chi connectivity index (χ0) is 28.1. The Labute approximate surface area is 236 Å². The van der Waals surface area contributed by atoms with E-state index in [0.717, 1.165) is 0 Å². The molecule has 0 aliphatic rings. The van der Waals surface area contributed by atoms with Gasteiger partial charge in [-0.25, -0.2) is 0 Å². The quantitative estimate of drug-likeness (QED) is 0.0896. The van der Waals surface area contributed by atoms with Crippen molar-refractivity contribution in [3.63, 3.8) is 0 Å². The average Bonchev–Trinajstić information content (AvgIpc) is 2.83. The van der Waals surface area contributed by atoms with E-state index in [1.165, 1.54) is 69.2 Å². The number of fused-ring (bicyclic) bond motifs is 1. The highest BCUT2D eigenvalue weighted by molar-refractivity contribution is 8.77. The molecule has 2 aromatic carbocycles. The van der Waals surface area contributed by atoms with Crippen molar-refractivity contribution < 1.29 is 47.8 Å². The van der Waals surface area contributed by atoms with E-state index in [1.807, 2.05) is 0 Å². The normalized spacial score (nSPS) is 11.4. The van der Waals surface area contributed by atoms with Gasteiger partial charge < -0.3 is 33.5 Å². The Morgan fingerprint density at radius 3 is 2.00 bits per heavy atom. The number of aryl methyl sites for hydroxylation is 2. The minimum atomic E-state index is -5.41. The fraction of sp³-hybridized carbons (Fsp3) is 0.435. The Morgan fingerprint density at radius 1 is 0.921 bits per heavy atom. The molecule has 0 aromatic heterocycles. The number of benzene rings is 2. The maximum absolute atomic E-state index is 11.7. The Kier molecular flexibility index (Phi) is 14.2. The molecule has 0 radical (unpaired) electrons. The number of phenolic OH excluding ortho intramolecular Hbond substituents is 1. The Balaban J connectivity index is 2.29. The zero-order valence-corrected chi connectivity index (χ0v) is 24.8. The van der Waals surface area contributed by atoms with Crippen LogP contribution in [0.2, 0.25) is 0 Å². The van der Waals surface area contributed by atoms with Crippen LogP contribution in [-0.4, -0.2) is 59.6 Å². The van der Waals surface area contributed by atoms with Crippen LogP contribution in [0.5, 0.6) is 11.5 Å². The van der Waals surface area contributed by atoms with Gasteiger partial charge in [0.15, 0.2) is 6.29 Å². The summed E-state index contributed by atoms with van der Waals surface area (Å²) in [6.07, 6.45) is 1.13. The van der Waals surface area contributed by atoms with Gasteiger partial charge >= 0.3 is 11.9 Å². The molecular formula is C23H27O10PS4-2. The van der Waals surface area contributed by atoms with Crippen molar-refractivity contribution in [2.45, 2.75) is 26.7 Å². The summed E-state index contributed by atoms with van der Waals surface area (Å²) in [5.41, 5.74) is 0.906. The van der Waals surface area contributed by atoms with Crippen LogP contribution in [0.15, 0.2) is 18.2 Å². The molecule has 0 amide bonds. The van der Waals surface area contributed by atoms with E-state index in [1.54, 1.807) is 6.07 Å². The summed E-state index contributed by atoms with van der Waals surface area (Å²) in [4.78, 5) is 56.5. The number of esters is 2. The second-order valence-corrected chi connectivity index (χ2v) is 14.0. The van der Waals surface area contributed by atoms with Crippen LogP contribution in [0.3, 0.4) is 0 Å². The second kappa shape index (κ2) is 16.5. The number of hydrogen-bond acceptors (Lipinski definition) is 14. The number of phosphoric acid groups is 1. The first-order chi connectivity index (χ1) is 18.0. The third kappa shape index (κ3) is 11.3. The van der Waals surface area contributed by atoms with Gasteiger partial charge in [-0.3, -0.25) is 14.4 Å². The lowest BCUT2D eigenvalue weighted by molar-refractivity contribution is -0.333. The molecule has 1 N–H and O–H groups in total. The van der Waals surface area contributed by atoms with Crippen LogP contribution in [0.1, 0.15) is 35.3 Å². The van der Waals surface area contributed by atoms with Crippen molar-refractivity contribution in [3.05, 3.63) is 34.9 Å². The summed E-state index contributed by atoms with van der Waals surface area (Å²) < 4.78 is 26.4. The van der Waals surface area contributed by atoms with Crippen LogP contribution in [0, 0.1) is 0 Å². The molecule has 0 saturated heterocycles. The van der Waals surface area contributed by atoms with Crippen molar-refractivity contribution in [3.8, 4) is 11.5 Å². The molecule has 0 aliphatic heterocycles. The van der Waals surface area contributed by atoms with Gasteiger partial charge in [0.1, 0.15) is 32.5 Å². The molecule has 0 bridgehead atoms. The lowest BCUT2D eigenvalue weighted by Crippen LogP contribution is -2.20. The van der Waals surface area contributed by atoms with Crippen molar-refractivity contribution in [1.29, 1.82) is 0 Å². The van der Waals surface area contributed by atoms with E-state index in [0.29, 0.717) is 64.0 Å². The van der Waals surface area contributed by atoms with Gasteiger partial charge in [-0.15, -0.1) is 0 Å². The molecule has 0 fully saturated rings. The molecular weight excluding hydrogens is 595 g/mol. The molecule has 2 rings (SSSR count). The van der Waals surface area contributed by atoms with Crippen molar-refractivity contribution in [2.75, 3.05) is 36.2 Å². The standard InChI is InChI=1S/C23H29O10PS4/c1-15(25)31-7-11-37-35-9-5-17-13-21-19(4-3-18(14-24)22(21)27)20(23(17)33-34(28,29)30)6-10-36-38-12-8-32-16(2)26/h3-4,13-14,27H,5-12H2,1-2H3,(H2,28,29,30)/p-2. The number of phosphoric ester groups is 1. The van der Waals surface area contributed by atoms with Gasteiger partial charge in [0.2, 0.25) is 0 Å². The summed E-state index contributed by atoms with van der Waals surface area (Å²) in [6, 6.07) is 4.54. The number of rotatable bonds is 17. The molecule has 0 atom stereocenters. The van der Waals surface area contributed by atoms with Crippen molar-refractivity contribution in [2.24, 2.45) is 0 Å². The van der Waals surface area contributed by atoms with Crippen LogP contribution in [0.4, 0.5) is 0 Å². The van der Waals surface area contributed by atoms with Gasteiger partial charge in [0.05, 0.1) is 5.56 Å². The Hall–Kier alpha value is -1.54. The summed E-state index contributed by atoms with van der Waals surface area (Å²) in [5, 5.41) is 11.5. The lowest BCUT2D eigenvalue weighted by atomic mass is 9.94. The second-order valence-electron chi connectivity index (χ2n) is 7.57. The summed E-state index contributed by atoms with van der Waals surface area (Å²) in [7, 11) is 0.444. The van der Waals surface area contributed by atoms with E-state index in [2.05, 4.69) is 0 Å². The van der Waals surface area contributed by atoms with Crippen molar-refractivity contribution in [1.82, 2.24) is 0 Å². The van der Waals surface area contributed by atoms with Gasteiger partial charge in [0, 0.05) is 47.8 Å². The van der Waals surface area contributed by atoms with Crippen LogP contribution in [-0.2, 0) is 36.5 Å². The molecule has 0 spiro atoms. The first kappa shape index (κ1) is 32.7. The van der Waals surface area contributed by atoms with Gasteiger partial charge in [0.25, 0.3) is 0 Å². The van der Waals surface area contributed by atoms with E-state index in [4.69, 9.17) is 14.0 Å². The number of aromatic hydroxyl groups is 1. The molecule has 210 valence electrons. The summed E-state index contributed by atoms with van der Waals surface area (Å²) in [6.45, 7) is 3.17. The average molecular weight is 623 g/mol. The Bertz CT molecular complexity index is 1170. The minimum Gasteiger partial charge on any atom is -0.780 e. The van der Waals surface area contributed by atoms with Crippen LogP contribution >= 0.6 is 51.0 Å². The van der Waals surface area contributed by atoms with E-state index in [-0.39, 0.29) is 42.2 Å². The number of carbonyl (C=O) groups excluding carboxylic acids is 3. The highest BCUT2D eigenvalue weighted by Gasteiger charge is 2.19. The first-order valence-corrected chi connectivity index (χ1v) is 17.7. The maximum atomic E-state index is 11.7. The molecule has 2 aromatic rings. The topological polar surface area (TPSA) is 162 Å². The number of ether oxygens (including phenoxy) is 2. The number of aldehydes is 1. The molecule has 38 heavy (non-hydrogen) atoms. The smallest absolute Gasteiger partial charge is 0.302 e. The van der Waals surface area contributed by atoms with Gasteiger partial charge in [-0.2, -0.15) is 0 Å². The number of phenols is 1. The molecule has 0 heterocycles. The fourth-order valence-corrected chi connectivity index (χ4v) is 7.45.